The second kappa shape index (κ2) is 6.17. The Morgan fingerprint density at radius 1 is 1.32 bits per heavy atom. The number of nitro benzene ring substituents is 1. The summed E-state index contributed by atoms with van der Waals surface area (Å²) in [6.07, 6.45) is 0.492. The number of rotatable bonds is 6. The summed E-state index contributed by atoms with van der Waals surface area (Å²) in [4.78, 5) is 22.2. The lowest BCUT2D eigenvalue weighted by atomic mass is 9.91. The molecule has 1 atom stereocenters. The second-order valence-electron chi connectivity index (χ2n) is 4.09. The summed E-state index contributed by atoms with van der Waals surface area (Å²) in [6.45, 7) is 3.24. The zero-order chi connectivity index (χ0) is 14.6. The van der Waals surface area contributed by atoms with Gasteiger partial charge in [0.25, 0.3) is 5.69 Å². The van der Waals surface area contributed by atoms with E-state index in [0.717, 1.165) is 0 Å². The zero-order valence-corrected chi connectivity index (χ0v) is 11.4. The molecule has 0 aromatic heterocycles. The number of nitrogens with zero attached hydrogens (tertiary/aromatic N) is 1. The summed E-state index contributed by atoms with van der Waals surface area (Å²) >= 11 is 0. The average Bonchev–Trinajstić information content (AvgIpc) is 2.38. The summed E-state index contributed by atoms with van der Waals surface area (Å²) in [7, 11) is 2.85. The third kappa shape index (κ3) is 3.01. The smallest absolute Gasteiger partial charge is 0.277 e. The Morgan fingerprint density at radius 3 is 2.21 bits per heavy atom. The standard InChI is InChI=1S/C13H17NO5/c1-5-9(8(2)15)10-6-12(18-3)13(19-4)7-11(10)14(16)17/h6-7,9H,5H2,1-4H3. The molecular weight excluding hydrogens is 250 g/mol. The molecule has 6 heteroatoms. The van der Waals surface area contributed by atoms with Crippen LogP contribution in [0.3, 0.4) is 0 Å². The SMILES string of the molecule is CCC(C(C)=O)c1cc(OC)c(OC)cc1[N+](=O)[O-]. The monoisotopic (exact) mass is 267 g/mol. The van der Waals surface area contributed by atoms with Gasteiger partial charge in [0.1, 0.15) is 5.78 Å². The topological polar surface area (TPSA) is 78.7 Å². The molecule has 0 saturated carbocycles. The van der Waals surface area contributed by atoms with E-state index in [-0.39, 0.29) is 17.2 Å². The van der Waals surface area contributed by atoms with Gasteiger partial charge in [0, 0.05) is 11.5 Å². The fourth-order valence-electron chi connectivity index (χ4n) is 2.05. The fourth-order valence-corrected chi connectivity index (χ4v) is 2.05. The molecule has 1 aromatic carbocycles. The minimum absolute atomic E-state index is 0.113. The van der Waals surface area contributed by atoms with Gasteiger partial charge in [-0.15, -0.1) is 0 Å². The number of Topliss-reactive ketones (excluding diaryl/α,β-unsaturated/α-hetero) is 1. The van der Waals surface area contributed by atoms with E-state index in [1.807, 2.05) is 6.92 Å². The van der Waals surface area contributed by atoms with E-state index >= 15 is 0 Å². The fraction of sp³-hybridized carbons (Fsp3) is 0.462. The van der Waals surface area contributed by atoms with Crippen molar-refractivity contribution in [2.24, 2.45) is 0 Å². The van der Waals surface area contributed by atoms with Crippen molar-refractivity contribution in [1.82, 2.24) is 0 Å². The van der Waals surface area contributed by atoms with Crippen LogP contribution < -0.4 is 9.47 Å². The van der Waals surface area contributed by atoms with E-state index < -0.39 is 10.8 Å². The highest BCUT2D eigenvalue weighted by Gasteiger charge is 2.27. The Hall–Kier alpha value is -2.11. The first-order valence-electron chi connectivity index (χ1n) is 5.87. The van der Waals surface area contributed by atoms with Gasteiger partial charge in [-0.3, -0.25) is 14.9 Å². The number of nitro groups is 1. The Balaban J connectivity index is 3.51. The van der Waals surface area contributed by atoms with Crippen molar-refractivity contribution in [2.75, 3.05) is 14.2 Å². The van der Waals surface area contributed by atoms with Crippen LogP contribution in [0.2, 0.25) is 0 Å². The van der Waals surface area contributed by atoms with Gasteiger partial charge < -0.3 is 9.47 Å². The Kier molecular flexibility index (Phi) is 4.86. The molecule has 0 bridgehead atoms. The molecular formula is C13H17NO5. The van der Waals surface area contributed by atoms with Crippen LogP contribution >= 0.6 is 0 Å². The Morgan fingerprint density at radius 2 is 1.84 bits per heavy atom. The zero-order valence-electron chi connectivity index (χ0n) is 11.4. The summed E-state index contributed by atoms with van der Waals surface area (Å²) in [6, 6.07) is 2.80. The molecule has 104 valence electrons. The molecule has 0 saturated heterocycles. The Labute approximate surface area is 111 Å². The highest BCUT2D eigenvalue weighted by molar-refractivity contribution is 5.85. The van der Waals surface area contributed by atoms with Crippen molar-refractivity contribution in [2.45, 2.75) is 26.2 Å². The second-order valence-corrected chi connectivity index (χ2v) is 4.09. The molecule has 0 fully saturated rings. The van der Waals surface area contributed by atoms with E-state index in [2.05, 4.69) is 0 Å². The van der Waals surface area contributed by atoms with Crippen LogP contribution in [0.15, 0.2) is 12.1 Å². The van der Waals surface area contributed by atoms with E-state index in [4.69, 9.17) is 9.47 Å². The number of ether oxygens (including phenoxy) is 2. The highest BCUT2D eigenvalue weighted by Crippen LogP contribution is 2.39. The number of hydrogen-bond acceptors (Lipinski definition) is 5. The largest absolute Gasteiger partial charge is 0.493 e. The van der Waals surface area contributed by atoms with Gasteiger partial charge in [-0.05, 0) is 19.4 Å². The molecule has 0 aliphatic rings. The van der Waals surface area contributed by atoms with Crippen LogP contribution in [0.25, 0.3) is 0 Å². The number of benzene rings is 1. The van der Waals surface area contributed by atoms with E-state index in [1.54, 1.807) is 0 Å². The van der Waals surface area contributed by atoms with E-state index in [0.29, 0.717) is 17.7 Å². The number of methoxy groups -OCH3 is 2. The summed E-state index contributed by atoms with van der Waals surface area (Å²) in [5.41, 5.74) is 0.234. The van der Waals surface area contributed by atoms with Gasteiger partial charge in [0.15, 0.2) is 11.5 Å². The van der Waals surface area contributed by atoms with Gasteiger partial charge >= 0.3 is 0 Å². The predicted octanol–water partition coefficient (Wildman–Crippen LogP) is 2.69. The molecule has 0 heterocycles. The number of carbonyl (C=O) groups excluding carboxylic acids is 1. The van der Waals surface area contributed by atoms with Gasteiger partial charge in [-0.1, -0.05) is 6.92 Å². The third-order valence-electron chi connectivity index (χ3n) is 3.00. The third-order valence-corrected chi connectivity index (χ3v) is 3.00. The molecule has 1 unspecified atom stereocenters. The first-order valence-corrected chi connectivity index (χ1v) is 5.87. The first-order chi connectivity index (χ1) is 8.96. The molecule has 0 aliphatic carbocycles. The number of carbonyl (C=O) groups is 1. The van der Waals surface area contributed by atoms with Crippen LogP contribution in [-0.4, -0.2) is 24.9 Å². The lowest BCUT2D eigenvalue weighted by Crippen LogP contribution is -2.11. The predicted molar refractivity (Wildman–Crippen MR) is 69.9 cm³/mol. The quantitative estimate of drug-likeness (QED) is 0.585. The Bertz CT molecular complexity index is 498. The summed E-state index contributed by atoms with van der Waals surface area (Å²) < 4.78 is 10.2. The molecule has 1 rings (SSSR count). The maximum atomic E-state index is 11.6. The minimum Gasteiger partial charge on any atom is -0.493 e. The van der Waals surface area contributed by atoms with Gasteiger partial charge in [0.05, 0.1) is 25.2 Å². The van der Waals surface area contributed by atoms with Crippen LogP contribution in [0.5, 0.6) is 11.5 Å². The van der Waals surface area contributed by atoms with Crippen molar-refractivity contribution in [3.05, 3.63) is 27.8 Å². The van der Waals surface area contributed by atoms with Crippen molar-refractivity contribution in [3.63, 3.8) is 0 Å². The van der Waals surface area contributed by atoms with E-state index in [1.165, 1.54) is 33.3 Å². The average molecular weight is 267 g/mol. The van der Waals surface area contributed by atoms with E-state index in [9.17, 15) is 14.9 Å². The summed E-state index contributed by atoms with van der Waals surface area (Å²) in [5, 5.41) is 11.1. The number of hydrogen-bond donors (Lipinski definition) is 0. The van der Waals surface area contributed by atoms with Crippen LogP contribution in [0.1, 0.15) is 31.7 Å². The molecule has 1 aromatic rings. The van der Waals surface area contributed by atoms with Gasteiger partial charge in [0.2, 0.25) is 0 Å². The highest BCUT2D eigenvalue weighted by atomic mass is 16.6. The molecule has 0 radical (unpaired) electrons. The molecule has 0 amide bonds. The van der Waals surface area contributed by atoms with Crippen molar-refractivity contribution < 1.29 is 19.2 Å². The summed E-state index contributed by atoms with van der Waals surface area (Å²) in [5.74, 6) is 0.0252. The van der Waals surface area contributed by atoms with Crippen LogP contribution in [-0.2, 0) is 4.79 Å². The molecule has 0 N–H and O–H groups in total. The van der Waals surface area contributed by atoms with Crippen molar-refractivity contribution in [1.29, 1.82) is 0 Å². The van der Waals surface area contributed by atoms with Crippen LogP contribution in [0, 0.1) is 10.1 Å². The lowest BCUT2D eigenvalue weighted by molar-refractivity contribution is -0.385. The number of ketones is 1. The van der Waals surface area contributed by atoms with Gasteiger partial charge in [-0.25, -0.2) is 0 Å². The molecule has 6 nitrogen and oxygen atoms in total. The van der Waals surface area contributed by atoms with Crippen molar-refractivity contribution >= 4 is 11.5 Å². The molecule has 0 aliphatic heterocycles. The minimum atomic E-state index is -0.514. The maximum Gasteiger partial charge on any atom is 0.277 e. The van der Waals surface area contributed by atoms with Crippen LogP contribution in [0.4, 0.5) is 5.69 Å². The normalized spacial score (nSPS) is 11.8. The van der Waals surface area contributed by atoms with Crippen molar-refractivity contribution in [3.8, 4) is 11.5 Å². The maximum absolute atomic E-state index is 11.6. The molecule has 0 spiro atoms. The first kappa shape index (κ1) is 14.9. The molecule has 19 heavy (non-hydrogen) atoms. The van der Waals surface area contributed by atoms with Gasteiger partial charge in [-0.2, -0.15) is 0 Å². The lowest BCUT2D eigenvalue weighted by Gasteiger charge is -2.15.